The molecule has 3 fully saturated rings. The summed E-state index contributed by atoms with van der Waals surface area (Å²) in [7, 11) is 0. The highest BCUT2D eigenvalue weighted by molar-refractivity contribution is 5.66. The molecule has 0 aromatic rings. The third-order valence-electron chi connectivity index (χ3n) is 9.02. The molecular weight excluding hydrogens is 408 g/mol. The second-order valence-electron chi connectivity index (χ2n) is 11.6. The molecule has 3 aliphatic rings. The zero-order chi connectivity index (χ0) is 24.3. The Bertz CT molecular complexity index is 816. The van der Waals surface area contributed by atoms with E-state index < -0.39 is 6.10 Å². The minimum atomic E-state index is -0.638. The van der Waals surface area contributed by atoms with E-state index in [0.717, 1.165) is 23.5 Å². The molecule has 3 aliphatic carbocycles. The fourth-order valence-electron chi connectivity index (χ4n) is 6.62. The van der Waals surface area contributed by atoms with Crippen LogP contribution in [0.4, 0.5) is 0 Å². The number of hydrogen-bond donors (Lipinski definition) is 1. The van der Waals surface area contributed by atoms with E-state index in [0.29, 0.717) is 41.9 Å². The first-order valence-electron chi connectivity index (χ1n) is 13.1. The molecule has 3 rings (SSSR count). The summed E-state index contributed by atoms with van der Waals surface area (Å²) in [5.74, 6) is 3.00. The van der Waals surface area contributed by atoms with Gasteiger partial charge in [0.2, 0.25) is 0 Å². The Labute approximate surface area is 202 Å². The summed E-state index contributed by atoms with van der Waals surface area (Å²) in [6, 6.07) is 0. The van der Waals surface area contributed by atoms with Crippen molar-refractivity contribution in [2.45, 2.75) is 98.7 Å². The molecule has 0 amide bonds. The van der Waals surface area contributed by atoms with Crippen LogP contribution >= 0.6 is 0 Å². The van der Waals surface area contributed by atoms with Crippen LogP contribution in [0, 0.1) is 35.0 Å². The maximum atomic E-state index is 11.4. The van der Waals surface area contributed by atoms with Gasteiger partial charge in [0.15, 0.2) is 0 Å². The highest BCUT2D eigenvalue weighted by Gasteiger charge is 2.50. The van der Waals surface area contributed by atoms with Crippen LogP contribution in [0.2, 0.25) is 0 Å². The second kappa shape index (κ2) is 10.8. The zero-order valence-corrected chi connectivity index (χ0v) is 21.8. The van der Waals surface area contributed by atoms with Gasteiger partial charge in [-0.25, -0.2) is 0 Å². The van der Waals surface area contributed by atoms with E-state index in [4.69, 9.17) is 4.74 Å². The van der Waals surface area contributed by atoms with Gasteiger partial charge in [-0.2, -0.15) is 0 Å². The summed E-state index contributed by atoms with van der Waals surface area (Å²) in [4.78, 5) is 11.4. The molecule has 0 aromatic heterocycles. The van der Waals surface area contributed by atoms with Gasteiger partial charge < -0.3 is 9.84 Å². The van der Waals surface area contributed by atoms with Gasteiger partial charge in [-0.15, -0.1) is 0 Å². The Morgan fingerprint density at radius 3 is 2.58 bits per heavy atom. The molecule has 0 saturated heterocycles. The standard InChI is InChI=1S/C30H46O3/c1-19(2)20(3)10-11-21(4)27-14-15-28-24(9-8-16-30(27,28)7)12-13-25-17-26(33-23(6)31)18-29(32)22(25)5/h10-13,19-21,26-29,32H,5,8-9,14-18H2,1-4,6-7H3/b11-10+,24-12-,25-13+/t20-,21+,26+,27+,28-,29-,30+/m0/s1. The molecule has 184 valence electrons. The lowest BCUT2D eigenvalue weighted by Crippen LogP contribution is -2.35. The molecule has 33 heavy (non-hydrogen) atoms. The maximum Gasteiger partial charge on any atom is 0.302 e. The average molecular weight is 455 g/mol. The van der Waals surface area contributed by atoms with Gasteiger partial charge in [0.1, 0.15) is 6.10 Å². The Balaban J connectivity index is 1.76. The summed E-state index contributed by atoms with van der Waals surface area (Å²) in [5, 5.41) is 10.4. The van der Waals surface area contributed by atoms with Gasteiger partial charge >= 0.3 is 5.97 Å². The predicted molar refractivity (Wildman–Crippen MR) is 137 cm³/mol. The molecule has 0 spiro atoms. The Morgan fingerprint density at radius 2 is 1.91 bits per heavy atom. The van der Waals surface area contributed by atoms with Crippen LogP contribution in [0.5, 0.6) is 0 Å². The van der Waals surface area contributed by atoms with Crippen molar-refractivity contribution in [2.24, 2.45) is 35.0 Å². The first-order valence-corrected chi connectivity index (χ1v) is 13.1. The van der Waals surface area contributed by atoms with Crippen molar-refractivity contribution < 1.29 is 14.6 Å². The summed E-state index contributed by atoms with van der Waals surface area (Å²) < 4.78 is 5.40. The van der Waals surface area contributed by atoms with Gasteiger partial charge in [-0.05, 0) is 78.3 Å². The van der Waals surface area contributed by atoms with Gasteiger partial charge in [0.25, 0.3) is 0 Å². The molecule has 0 unspecified atom stereocenters. The molecule has 0 aromatic carbocycles. The van der Waals surface area contributed by atoms with E-state index >= 15 is 0 Å². The van der Waals surface area contributed by atoms with Gasteiger partial charge in [0.05, 0.1) is 6.10 Å². The molecule has 0 aliphatic heterocycles. The van der Waals surface area contributed by atoms with Crippen LogP contribution in [0.3, 0.4) is 0 Å². The molecule has 3 heteroatoms. The molecule has 3 nitrogen and oxygen atoms in total. The van der Waals surface area contributed by atoms with Gasteiger partial charge in [-0.3, -0.25) is 4.79 Å². The first-order chi connectivity index (χ1) is 15.5. The highest BCUT2D eigenvalue weighted by Crippen LogP contribution is 2.59. The van der Waals surface area contributed by atoms with Gasteiger partial charge in [-0.1, -0.05) is 71.1 Å². The zero-order valence-electron chi connectivity index (χ0n) is 21.8. The van der Waals surface area contributed by atoms with Gasteiger partial charge in [0, 0.05) is 19.8 Å². The number of carbonyl (C=O) groups is 1. The molecule has 7 atom stereocenters. The van der Waals surface area contributed by atoms with Crippen LogP contribution in [-0.2, 0) is 9.53 Å². The molecule has 0 bridgehead atoms. The second-order valence-corrected chi connectivity index (χ2v) is 11.6. The predicted octanol–water partition coefficient (Wildman–Crippen LogP) is 7.18. The lowest BCUT2D eigenvalue weighted by Gasteiger charge is -2.44. The number of esters is 1. The summed E-state index contributed by atoms with van der Waals surface area (Å²) in [6.07, 6.45) is 15.9. The van der Waals surface area contributed by atoms with Crippen LogP contribution in [0.15, 0.2) is 47.6 Å². The lowest BCUT2D eigenvalue weighted by molar-refractivity contribution is -0.147. The monoisotopic (exact) mass is 454 g/mol. The molecular formula is C30H46O3. The fourth-order valence-corrected chi connectivity index (χ4v) is 6.62. The van der Waals surface area contributed by atoms with Crippen LogP contribution < -0.4 is 0 Å². The summed E-state index contributed by atoms with van der Waals surface area (Å²) >= 11 is 0. The van der Waals surface area contributed by atoms with E-state index in [1.54, 1.807) is 5.57 Å². The van der Waals surface area contributed by atoms with E-state index in [9.17, 15) is 9.90 Å². The fraction of sp³-hybridized carbons (Fsp3) is 0.700. The third-order valence-corrected chi connectivity index (χ3v) is 9.02. The van der Waals surface area contributed by atoms with Crippen molar-refractivity contribution in [1.82, 2.24) is 0 Å². The number of aliphatic hydroxyl groups excluding tert-OH is 1. The number of fused-ring (bicyclic) bond motifs is 1. The SMILES string of the molecule is C=C1/C(=C/C=C2/CCC[C@]3(C)[C@@H]([C@H](C)/C=C/[C@H](C)C(C)C)CC[C@@H]23)C[C@@H](OC(C)=O)C[C@@H]1O. The van der Waals surface area contributed by atoms with E-state index in [1.807, 2.05) is 0 Å². The molecule has 0 heterocycles. The van der Waals surface area contributed by atoms with Crippen molar-refractivity contribution in [3.8, 4) is 0 Å². The number of allylic oxidation sites excluding steroid dienone is 5. The molecule has 1 N–H and O–H groups in total. The number of rotatable bonds is 6. The van der Waals surface area contributed by atoms with Crippen molar-refractivity contribution in [1.29, 1.82) is 0 Å². The van der Waals surface area contributed by atoms with Crippen LogP contribution in [0.1, 0.15) is 86.5 Å². The smallest absolute Gasteiger partial charge is 0.302 e. The van der Waals surface area contributed by atoms with E-state index in [2.05, 4.69) is 65.5 Å². The lowest BCUT2D eigenvalue weighted by atomic mass is 9.61. The normalized spacial score (nSPS) is 37.0. The largest absolute Gasteiger partial charge is 0.462 e. The Kier molecular flexibility index (Phi) is 8.48. The summed E-state index contributed by atoms with van der Waals surface area (Å²) in [6.45, 7) is 17.4. The minimum Gasteiger partial charge on any atom is -0.462 e. The first kappa shape index (κ1) is 26.0. The van der Waals surface area contributed by atoms with Crippen LogP contribution in [-0.4, -0.2) is 23.3 Å². The van der Waals surface area contributed by atoms with E-state index in [1.165, 1.54) is 32.6 Å². The highest BCUT2D eigenvalue weighted by atomic mass is 16.5. The van der Waals surface area contributed by atoms with Crippen molar-refractivity contribution >= 4 is 5.97 Å². The minimum absolute atomic E-state index is 0.263. The van der Waals surface area contributed by atoms with Crippen molar-refractivity contribution in [3.63, 3.8) is 0 Å². The third kappa shape index (κ3) is 5.91. The van der Waals surface area contributed by atoms with E-state index in [-0.39, 0.29) is 12.1 Å². The number of ether oxygens (including phenoxy) is 1. The Morgan fingerprint density at radius 1 is 1.18 bits per heavy atom. The summed E-state index contributed by atoms with van der Waals surface area (Å²) in [5.41, 5.74) is 3.71. The number of carbonyl (C=O) groups excluding carboxylic acids is 1. The maximum absolute atomic E-state index is 11.4. The van der Waals surface area contributed by atoms with Crippen molar-refractivity contribution in [3.05, 3.63) is 47.6 Å². The number of aliphatic hydroxyl groups is 1. The van der Waals surface area contributed by atoms with Crippen molar-refractivity contribution in [2.75, 3.05) is 0 Å². The van der Waals surface area contributed by atoms with Crippen LogP contribution in [0.25, 0.3) is 0 Å². The topological polar surface area (TPSA) is 46.5 Å². The molecule has 0 radical (unpaired) electrons. The molecule has 3 saturated carbocycles. The number of hydrogen-bond acceptors (Lipinski definition) is 3. The quantitative estimate of drug-likeness (QED) is 0.341. The Hall–Kier alpha value is -1.61. The average Bonchev–Trinajstić information content (AvgIpc) is 3.10.